The topological polar surface area (TPSA) is 35.5 Å². The molecule has 1 aromatic rings. The van der Waals surface area contributed by atoms with Gasteiger partial charge in [0.15, 0.2) is 6.10 Å². The number of halogens is 3. The predicted octanol–water partition coefficient (Wildman–Crippen LogP) is 2.87. The predicted molar refractivity (Wildman–Crippen MR) is 57.8 cm³/mol. The van der Waals surface area contributed by atoms with Crippen LogP contribution in [0.5, 0.6) is 0 Å². The highest BCUT2D eigenvalue weighted by Crippen LogP contribution is 2.23. The van der Waals surface area contributed by atoms with E-state index in [4.69, 9.17) is 4.74 Å². The van der Waals surface area contributed by atoms with Crippen molar-refractivity contribution in [3.8, 4) is 0 Å². The maximum absolute atomic E-state index is 12.1. The third-order valence-electron chi connectivity index (χ3n) is 2.02. The minimum atomic E-state index is -4.49. The number of esters is 1. The number of benzene rings is 1. The van der Waals surface area contributed by atoms with E-state index in [1.807, 2.05) is 0 Å². The Morgan fingerprint density at radius 3 is 2.39 bits per heavy atom. The van der Waals surface area contributed by atoms with Crippen LogP contribution in [0.15, 0.2) is 30.3 Å². The molecule has 0 amide bonds. The van der Waals surface area contributed by atoms with Gasteiger partial charge in [0.2, 0.25) is 0 Å². The Kier molecular flexibility index (Phi) is 5.15. The molecule has 0 heterocycles. The van der Waals surface area contributed by atoms with Gasteiger partial charge >= 0.3 is 12.1 Å². The van der Waals surface area contributed by atoms with Gasteiger partial charge < -0.3 is 9.47 Å². The van der Waals surface area contributed by atoms with Crippen LogP contribution in [0.25, 0.3) is 0 Å². The molecule has 0 bridgehead atoms. The van der Waals surface area contributed by atoms with Crippen molar-refractivity contribution >= 4 is 5.97 Å². The number of alkyl halides is 3. The molecule has 6 heteroatoms. The zero-order chi connectivity index (χ0) is 13.6. The Hall–Kier alpha value is -1.56. The molecule has 0 aliphatic rings. The smallest absolute Gasteiger partial charge is 0.411 e. The van der Waals surface area contributed by atoms with Crippen LogP contribution in [0, 0.1) is 0 Å². The third kappa shape index (κ3) is 4.75. The molecule has 18 heavy (non-hydrogen) atoms. The standard InChI is InChI=1S/C12H13F3O3/c1-2-17-11(16)10(18-8-12(13,14)15)9-6-4-3-5-7-9/h3-7,10H,2,8H2,1H3. The van der Waals surface area contributed by atoms with Gasteiger partial charge in [-0.25, -0.2) is 4.79 Å². The van der Waals surface area contributed by atoms with Gasteiger partial charge in [-0.15, -0.1) is 0 Å². The Morgan fingerprint density at radius 1 is 1.28 bits per heavy atom. The van der Waals surface area contributed by atoms with E-state index >= 15 is 0 Å². The molecule has 0 saturated carbocycles. The molecule has 0 saturated heterocycles. The quantitative estimate of drug-likeness (QED) is 0.765. The monoisotopic (exact) mass is 262 g/mol. The number of carbonyl (C=O) groups excluding carboxylic acids is 1. The molecular weight excluding hydrogens is 249 g/mol. The molecule has 1 atom stereocenters. The average Bonchev–Trinajstić information content (AvgIpc) is 2.29. The lowest BCUT2D eigenvalue weighted by atomic mass is 10.1. The van der Waals surface area contributed by atoms with Crippen molar-refractivity contribution in [1.82, 2.24) is 0 Å². The van der Waals surface area contributed by atoms with E-state index in [2.05, 4.69) is 4.74 Å². The zero-order valence-electron chi connectivity index (χ0n) is 9.74. The maximum atomic E-state index is 12.1. The van der Waals surface area contributed by atoms with E-state index in [0.29, 0.717) is 5.56 Å². The van der Waals surface area contributed by atoms with Crippen LogP contribution in [-0.2, 0) is 14.3 Å². The number of hydrogen-bond acceptors (Lipinski definition) is 3. The van der Waals surface area contributed by atoms with E-state index in [-0.39, 0.29) is 6.61 Å². The van der Waals surface area contributed by atoms with E-state index in [1.54, 1.807) is 25.1 Å². The molecule has 0 aliphatic carbocycles. The second-order valence-electron chi connectivity index (χ2n) is 3.47. The molecular formula is C12H13F3O3. The summed E-state index contributed by atoms with van der Waals surface area (Å²) in [7, 11) is 0. The molecule has 3 nitrogen and oxygen atoms in total. The number of carbonyl (C=O) groups is 1. The van der Waals surface area contributed by atoms with Crippen LogP contribution in [0.3, 0.4) is 0 Å². The summed E-state index contributed by atoms with van der Waals surface area (Å²) in [4.78, 5) is 11.5. The Balaban J connectivity index is 2.79. The summed E-state index contributed by atoms with van der Waals surface area (Å²) in [6.07, 6.45) is -5.84. The van der Waals surface area contributed by atoms with Crippen molar-refractivity contribution in [3.63, 3.8) is 0 Å². The largest absolute Gasteiger partial charge is 0.464 e. The highest BCUT2D eigenvalue weighted by atomic mass is 19.4. The molecule has 1 rings (SSSR count). The molecule has 1 aromatic carbocycles. The Labute approximate surface area is 103 Å². The average molecular weight is 262 g/mol. The third-order valence-corrected chi connectivity index (χ3v) is 2.02. The molecule has 0 spiro atoms. The summed E-state index contributed by atoms with van der Waals surface area (Å²) in [5, 5.41) is 0. The van der Waals surface area contributed by atoms with Crippen molar-refractivity contribution in [2.75, 3.05) is 13.2 Å². The van der Waals surface area contributed by atoms with Crippen molar-refractivity contribution in [2.45, 2.75) is 19.2 Å². The van der Waals surface area contributed by atoms with Gasteiger partial charge in [-0.1, -0.05) is 30.3 Å². The summed E-state index contributed by atoms with van der Waals surface area (Å²) < 4.78 is 45.6. The van der Waals surface area contributed by atoms with Gasteiger partial charge in [0, 0.05) is 0 Å². The molecule has 0 radical (unpaired) electrons. The fraction of sp³-hybridized carbons (Fsp3) is 0.417. The summed E-state index contributed by atoms with van der Waals surface area (Å²) in [6, 6.07) is 7.93. The van der Waals surface area contributed by atoms with Crippen molar-refractivity contribution in [1.29, 1.82) is 0 Å². The molecule has 0 fully saturated rings. The molecule has 0 aromatic heterocycles. The van der Waals surface area contributed by atoms with E-state index < -0.39 is 24.9 Å². The van der Waals surface area contributed by atoms with Crippen LogP contribution >= 0.6 is 0 Å². The van der Waals surface area contributed by atoms with E-state index in [9.17, 15) is 18.0 Å². The lowest BCUT2D eigenvalue weighted by molar-refractivity contribution is -0.195. The molecule has 0 N–H and O–H groups in total. The SMILES string of the molecule is CCOC(=O)C(OCC(F)(F)F)c1ccccc1. The van der Waals surface area contributed by atoms with Crippen molar-refractivity contribution in [3.05, 3.63) is 35.9 Å². The number of rotatable bonds is 5. The van der Waals surface area contributed by atoms with Crippen molar-refractivity contribution in [2.24, 2.45) is 0 Å². The van der Waals surface area contributed by atoms with E-state index in [0.717, 1.165) is 0 Å². The van der Waals surface area contributed by atoms with Crippen LogP contribution in [0.1, 0.15) is 18.6 Å². The minimum Gasteiger partial charge on any atom is -0.464 e. The highest BCUT2D eigenvalue weighted by molar-refractivity contribution is 5.76. The summed E-state index contributed by atoms with van der Waals surface area (Å²) in [6.45, 7) is 0.159. The van der Waals surface area contributed by atoms with Gasteiger partial charge in [-0.2, -0.15) is 13.2 Å². The van der Waals surface area contributed by atoms with Gasteiger partial charge in [-0.05, 0) is 12.5 Å². The second kappa shape index (κ2) is 6.39. The van der Waals surface area contributed by atoms with Gasteiger partial charge in [0.25, 0.3) is 0 Å². The van der Waals surface area contributed by atoms with Gasteiger partial charge in [-0.3, -0.25) is 0 Å². The second-order valence-corrected chi connectivity index (χ2v) is 3.47. The van der Waals surface area contributed by atoms with Crippen molar-refractivity contribution < 1.29 is 27.4 Å². The Bertz CT molecular complexity index is 376. The van der Waals surface area contributed by atoms with Crippen LogP contribution in [0.2, 0.25) is 0 Å². The normalized spacial score (nSPS) is 13.1. The fourth-order valence-corrected chi connectivity index (χ4v) is 1.32. The number of hydrogen-bond donors (Lipinski definition) is 0. The summed E-state index contributed by atoms with van der Waals surface area (Å²) >= 11 is 0. The first-order valence-corrected chi connectivity index (χ1v) is 5.34. The fourth-order valence-electron chi connectivity index (χ4n) is 1.32. The molecule has 1 unspecified atom stereocenters. The molecule has 100 valence electrons. The van der Waals surface area contributed by atoms with Gasteiger partial charge in [0.1, 0.15) is 6.61 Å². The summed E-state index contributed by atoms with van der Waals surface area (Å²) in [5.41, 5.74) is 0.334. The first kappa shape index (κ1) is 14.5. The van der Waals surface area contributed by atoms with Gasteiger partial charge in [0.05, 0.1) is 6.61 Å². The number of ether oxygens (including phenoxy) is 2. The lowest BCUT2D eigenvalue weighted by Gasteiger charge is -2.17. The first-order valence-electron chi connectivity index (χ1n) is 5.34. The van der Waals surface area contributed by atoms with Crippen LogP contribution in [-0.4, -0.2) is 25.4 Å². The first-order chi connectivity index (χ1) is 8.44. The van der Waals surface area contributed by atoms with E-state index in [1.165, 1.54) is 12.1 Å². The van der Waals surface area contributed by atoms with Crippen LogP contribution < -0.4 is 0 Å². The minimum absolute atomic E-state index is 0.0809. The zero-order valence-corrected chi connectivity index (χ0v) is 9.74. The maximum Gasteiger partial charge on any atom is 0.411 e. The molecule has 0 aliphatic heterocycles. The lowest BCUT2D eigenvalue weighted by Crippen LogP contribution is -2.25. The van der Waals surface area contributed by atoms with Crippen LogP contribution in [0.4, 0.5) is 13.2 Å². The highest BCUT2D eigenvalue weighted by Gasteiger charge is 2.32. The summed E-state index contributed by atoms with van der Waals surface area (Å²) in [5.74, 6) is -0.826. The Morgan fingerprint density at radius 2 is 1.89 bits per heavy atom.